The van der Waals surface area contributed by atoms with E-state index in [-0.39, 0.29) is 39.1 Å². The van der Waals surface area contributed by atoms with E-state index in [1.54, 1.807) is 24.4 Å². The highest BCUT2D eigenvalue weighted by Crippen LogP contribution is 2.35. The number of aromatic amines is 2. The summed E-state index contributed by atoms with van der Waals surface area (Å²) in [6.07, 6.45) is 3.04. The number of hydrogen-bond donors (Lipinski definition) is 2. The van der Waals surface area contributed by atoms with Crippen molar-refractivity contribution >= 4 is 33.7 Å². The van der Waals surface area contributed by atoms with Crippen molar-refractivity contribution in [2.45, 2.75) is 0 Å². The van der Waals surface area contributed by atoms with Gasteiger partial charge >= 0.3 is 0 Å². The molecular formula is C21H10ClFN6O. The van der Waals surface area contributed by atoms with Gasteiger partial charge in [0, 0.05) is 28.8 Å². The average Bonchev–Trinajstić information content (AvgIpc) is 3.23. The molecule has 2 aromatic carbocycles. The molecule has 3 aromatic heterocycles. The van der Waals surface area contributed by atoms with Gasteiger partial charge in [-0.15, -0.1) is 0 Å². The zero-order valence-electron chi connectivity index (χ0n) is 15.1. The minimum absolute atomic E-state index is 0.0894. The number of benzene rings is 2. The highest BCUT2D eigenvalue weighted by Gasteiger charge is 2.20. The van der Waals surface area contributed by atoms with Crippen LogP contribution in [0.4, 0.5) is 4.39 Å². The quantitative estimate of drug-likeness (QED) is 0.448. The van der Waals surface area contributed by atoms with E-state index in [4.69, 9.17) is 11.6 Å². The molecule has 0 amide bonds. The molecule has 5 aromatic rings. The first-order valence-electron chi connectivity index (χ1n) is 8.78. The van der Waals surface area contributed by atoms with Gasteiger partial charge in [0.15, 0.2) is 11.2 Å². The van der Waals surface area contributed by atoms with Crippen LogP contribution >= 0.6 is 11.6 Å². The first kappa shape index (κ1) is 18.0. The third-order valence-corrected chi connectivity index (χ3v) is 5.03. The summed E-state index contributed by atoms with van der Waals surface area (Å²) in [6, 6.07) is 11.0. The number of nitrogens with zero attached hydrogens (tertiary/aromatic N) is 4. The standard InChI is InChI=1S/C21H10ClFN6O/c22-14-7-11(6-12-9-26-29-17(12)14)18-19(13-3-1-2-10(8-24)16(13)23)28-21-20(27-18)15(30)4-5-25-21/h1-7,9H,(H,26,29)(H,25,28,30). The molecule has 0 atom stereocenters. The third-order valence-electron chi connectivity index (χ3n) is 4.73. The van der Waals surface area contributed by atoms with Crippen LogP contribution in [0.3, 0.4) is 0 Å². The lowest BCUT2D eigenvalue weighted by atomic mass is 10.0. The van der Waals surface area contributed by atoms with E-state index in [1.165, 1.54) is 24.4 Å². The Bertz CT molecular complexity index is 1570. The van der Waals surface area contributed by atoms with Crippen LogP contribution < -0.4 is 5.43 Å². The minimum Gasteiger partial charge on any atom is -0.345 e. The average molecular weight is 417 g/mol. The van der Waals surface area contributed by atoms with Gasteiger partial charge in [-0.2, -0.15) is 10.4 Å². The monoisotopic (exact) mass is 416 g/mol. The summed E-state index contributed by atoms with van der Waals surface area (Å²) in [7, 11) is 0. The second kappa shape index (κ2) is 6.76. The van der Waals surface area contributed by atoms with Crippen molar-refractivity contribution in [2.24, 2.45) is 0 Å². The number of nitrogens with one attached hydrogen (secondary N) is 2. The summed E-state index contributed by atoms with van der Waals surface area (Å²) < 4.78 is 15.0. The number of halogens is 2. The molecule has 144 valence electrons. The number of fused-ring (bicyclic) bond motifs is 2. The Kier molecular flexibility index (Phi) is 4.05. The van der Waals surface area contributed by atoms with Gasteiger partial charge in [0.1, 0.15) is 17.6 Å². The normalized spacial score (nSPS) is 11.1. The lowest BCUT2D eigenvalue weighted by molar-refractivity contribution is 0.627. The van der Waals surface area contributed by atoms with E-state index in [1.807, 2.05) is 6.07 Å². The second-order valence-electron chi connectivity index (χ2n) is 6.53. The zero-order chi connectivity index (χ0) is 20.8. The smallest absolute Gasteiger partial charge is 0.209 e. The summed E-state index contributed by atoms with van der Waals surface area (Å²) in [5.74, 6) is -0.719. The first-order valence-corrected chi connectivity index (χ1v) is 9.16. The number of H-pyrrole nitrogens is 2. The van der Waals surface area contributed by atoms with Gasteiger partial charge in [-0.05, 0) is 24.3 Å². The van der Waals surface area contributed by atoms with E-state index < -0.39 is 5.82 Å². The Morgan fingerprint density at radius 2 is 2.00 bits per heavy atom. The van der Waals surface area contributed by atoms with Crippen molar-refractivity contribution in [3.63, 3.8) is 0 Å². The van der Waals surface area contributed by atoms with E-state index in [2.05, 4.69) is 25.1 Å². The number of pyridine rings is 1. The molecule has 9 heteroatoms. The molecule has 0 saturated heterocycles. The molecule has 0 saturated carbocycles. The summed E-state index contributed by atoms with van der Waals surface area (Å²) in [6.45, 7) is 0. The van der Waals surface area contributed by atoms with Crippen LogP contribution in [0.15, 0.2) is 53.6 Å². The Hall–Kier alpha value is -4.09. The maximum atomic E-state index is 15.0. The number of nitriles is 1. The van der Waals surface area contributed by atoms with Crippen molar-refractivity contribution in [1.29, 1.82) is 5.26 Å². The number of rotatable bonds is 2. The van der Waals surface area contributed by atoms with Crippen LogP contribution in [0.25, 0.3) is 44.6 Å². The molecule has 0 fully saturated rings. The van der Waals surface area contributed by atoms with Crippen LogP contribution in [0.1, 0.15) is 5.56 Å². The molecule has 0 aliphatic rings. The fourth-order valence-electron chi connectivity index (χ4n) is 3.32. The van der Waals surface area contributed by atoms with Gasteiger partial charge in [-0.25, -0.2) is 14.4 Å². The molecule has 0 radical (unpaired) electrons. The van der Waals surface area contributed by atoms with Crippen molar-refractivity contribution < 1.29 is 4.39 Å². The van der Waals surface area contributed by atoms with E-state index in [9.17, 15) is 10.1 Å². The van der Waals surface area contributed by atoms with E-state index in [0.29, 0.717) is 16.1 Å². The van der Waals surface area contributed by atoms with Crippen molar-refractivity contribution in [2.75, 3.05) is 0 Å². The predicted molar refractivity (Wildman–Crippen MR) is 110 cm³/mol. The SMILES string of the molecule is N#Cc1cccc(-c2nc3[nH]ccc(=O)c3nc2-c2cc(Cl)c3[nH]ncc3c2)c1F. The van der Waals surface area contributed by atoms with E-state index >= 15 is 4.39 Å². The maximum Gasteiger partial charge on any atom is 0.209 e. The molecular weight excluding hydrogens is 407 g/mol. The molecule has 0 aliphatic carbocycles. The second-order valence-corrected chi connectivity index (χ2v) is 6.94. The summed E-state index contributed by atoms with van der Waals surface area (Å²) in [4.78, 5) is 24.2. The highest BCUT2D eigenvalue weighted by atomic mass is 35.5. The molecule has 0 bridgehead atoms. The van der Waals surface area contributed by atoms with Gasteiger partial charge in [0.05, 0.1) is 28.0 Å². The summed E-state index contributed by atoms with van der Waals surface area (Å²) >= 11 is 6.38. The topological polar surface area (TPSA) is 111 Å². The fourth-order valence-corrected chi connectivity index (χ4v) is 3.59. The first-order chi connectivity index (χ1) is 14.6. The lowest BCUT2D eigenvalue weighted by Crippen LogP contribution is -2.07. The molecule has 0 unspecified atom stereocenters. The Labute approximate surface area is 172 Å². The Balaban J connectivity index is 1.90. The van der Waals surface area contributed by atoms with Crippen molar-refractivity contribution in [3.8, 4) is 28.6 Å². The molecule has 0 aliphatic heterocycles. The fraction of sp³-hybridized carbons (Fsp3) is 0. The van der Waals surface area contributed by atoms with Crippen LogP contribution in [-0.4, -0.2) is 25.1 Å². The van der Waals surface area contributed by atoms with Crippen molar-refractivity contribution in [3.05, 3.63) is 75.4 Å². The molecule has 30 heavy (non-hydrogen) atoms. The lowest BCUT2D eigenvalue weighted by Gasteiger charge is -2.12. The Morgan fingerprint density at radius 1 is 1.13 bits per heavy atom. The number of aromatic nitrogens is 5. The molecule has 5 rings (SSSR count). The molecule has 7 nitrogen and oxygen atoms in total. The van der Waals surface area contributed by atoms with Gasteiger partial charge in [0.25, 0.3) is 0 Å². The maximum absolute atomic E-state index is 15.0. The van der Waals surface area contributed by atoms with Gasteiger partial charge < -0.3 is 4.98 Å². The van der Waals surface area contributed by atoms with Crippen LogP contribution in [0.5, 0.6) is 0 Å². The molecule has 3 heterocycles. The van der Waals surface area contributed by atoms with Crippen molar-refractivity contribution in [1.82, 2.24) is 25.1 Å². The van der Waals surface area contributed by atoms with Gasteiger partial charge in [-0.3, -0.25) is 9.89 Å². The van der Waals surface area contributed by atoms with Crippen LogP contribution in [0, 0.1) is 17.1 Å². The number of hydrogen-bond acceptors (Lipinski definition) is 5. The Morgan fingerprint density at radius 3 is 2.83 bits per heavy atom. The molecule has 0 spiro atoms. The van der Waals surface area contributed by atoms with E-state index in [0.717, 1.165) is 5.39 Å². The minimum atomic E-state index is -0.719. The summed E-state index contributed by atoms with van der Waals surface area (Å²) in [5.41, 5.74) is 1.57. The van der Waals surface area contributed by atoms with Gasteiger partial charge in [0.2, 0.25) is 5.43 Å². The largest absolute Gasteiger partial charge is 0.345 e. The highest BCUT2D eigenvalue weighted by molar-refractivity contribution is 6.35. The zero-order valence-corrected chi connectivity index (χ0v) is 15.8. The predicted octanol–water partition coefficient (Wildman–Crippen LogP) is 4.19. The van der Waals surface area contributed by atoms with Crippen LogP contribution in [-0.2, 0) is 0 Å². The van der Waals surface area contributed by atoms with Gasteiger partial charge in [-0.1, -0.05) is 17.7 Å². The summed E-state index contributed by atoms with van der Waals surface area (Å²) in [5, 5.41) is 17.1. The molecule has 2 N–H and O–H groups in total. The van der Waals surface area contributed by atoms with Crippen LogP contribution in [0.2, 0.25) is 5.02 Å². The third kappa shape index (κ3) is 2.72.